The predicted molar refractivity (Wildman–Crippen MR) is 83.2 cm³/mol. The van der Waals surface area contributed by atoms with Crippen molar-refractivity contribution >= 4 is 10.0 Å². The quantitative estimate of drug-likeness (QED) is 0.847. The monoisotopic (exact) mass is 302 g/mol. The maximum absolute atomic E-state index is 12.7. The zero-order valence-electron chi connectivity index (χ0n) is 13.1. The molecule has 118 valence electrons. The lowest BCUT2D eigenvalue weighted by Crippen LogP contribution is -2.49. The molecule has 4 nitrogen and oxygen atoms in total. The fourth-order valence-electron chi connectivity index (χ4n) is 3.56. The van der Waals surface area contributed by atoms with Gasteiger partial charge in [-0.1, -0.05) is 33.1 Å². The van der Waals surface area contributed by atoms with Crippen molar-refractivity contribution in [3.05, 3.63) is 0 Å². The molecule has 3 atom stereocenters. The first kappa shape index (κ1) is 16.2. The summed E-state index contributed by atoms with van der Waals surface area (Å²) in [6.45, 7) is 7.97. The molecular weight excluding hydrogens is 272 g/mol. The van der Waals surface area contributed by atoms with Crippen molar-refractivity contribution < 1.29 is 8.42 Å². The van der Waals surface area contributed by atoms with Crippen LogP contribution in [0.2, 0.25) is 0 Å². The van der Waals surface area contributed by atoms with Crippen molar-refractivity contribution in [1.82, 2.24) is 9.62 Å². The van der Waals surface area contributed by atoms with Gasteiger partial charge in [-0.25, -0.2) is 12.7 Å². The zero-order valence-corrected chi connectivity index (χ0v) is 14.0. The molecular formula is C15H30N2O2S. The minimum Gasteiger partial charge on any atom is -0.313 e. The van der Waals surface area contributed by atoms with E-state index in [0.717, 1.165) is 25.4 Å². The number of sulfonamides is 1. The van der Waals surface area contributed by atoms with E-state index in [0.29, 0.717) is 18.5 Å². The van der Waals surface area contributed by atoms with Crippen molar-refractivity contribution in [3.8, 4) is 0 Å². The Bertz CT molecular complexity index is 408. The Balaban J connectivity index is 1.95. The molecule has 1 aliphatic heterocycles. The maximum Gasteiger partial charge on any atom is 0.217 e. The van der Waals surface area contributed by atoms with Crippen LogP contribution in [0.15, 0.2) is 0 Å². The molecule has 1 N–H and O–H groups in total. The van der Waals surface area contributed by atoms with E-state index in [1.54, 1.807) is 4.31 Å². The van der Waals surface area contributed by atoms with E-state index in [2.05, 4.69) is 5.32 Å². The molecule has 3 unspecified atom stereocenters. The predicted octanol–water partition coefficient (Wildman–Crippen LogP) is 2.21. The highest BCUT2D eigenvalue weighted by atomic mass is 32.2. The van der Waals surface area contributed by atoms with Crippen molar-refractivity contribution in [2.75, 3.05) is 19.6 Å². The molecule has 20 heavy (non-hydrogen) atoms. The number of hydrogen-bond acceptors (Lipinski definition) is 3. The van der Waals surface area contributed by atoms with Gasteiger partial charge < -0.3 is 5.32 Å². The van der Waals surface area contributed by atoms with Crippen molar-refractivity contribution in [2.45, 2.75) is 64.2 Å². The third-order valence-corrected chi connectivity index (χ3v) is 7.17. The summed E-state index contributed by atoms with van der Waals surface area (Å²) in [4.78, 5) is 0. The van der Waals surface area contributed by atoms with Crippen LogP contribution in [0.1, 0.15) is 52.9 Å². The van der Waals surface area contributed by atoms with Crippen LogP contribution in [0.25, 0.3) is 0 Å². The van der Waals surface area contributed by atoms with E-state index in [4.69, 9.17) is 0 Å². The van der Waals surface area contributed by atoms with Crippen LogP contribution >= 0.6 is 0 Å². The summed E-state index contributed by atoms with van der Waals surface area (Å²) < 4.78 is 27.1. The Kier molecular flexibility index (Phi) is 5.49. The van der Waals surface area contributed by atoms with Gasteiger partial charge in [-0.05, 0) is 31.6 Å². The molecule has 1 saturated heterocycles. The first-order valence-corrected chi connectivity index (χ1v) is 9.64. The van der Waals surface area contributed by atoms with E-state index >= 15 is 0 Å². The first-order valence-electron chi connectivity index (χ1n) is 8.13. The lowest BCUT2D eigenvalue weighted by molar-refractivity contribution is 0.136. The minimum atomic E-state index is -3.14. The Labute approximate surface area is 124 Å². The second-order valence-corrected chi connectivity index (χ2v) is 9.22. The van der Waals surface area contributed by atoms with Gasteiger partial charge in [0.1, 0.15) is 0 Å². The zero-order chi connectivity index (χ0) is 14.8. The second kappa shape index (κ2) is 6.75. The van der Waals surface area contributed by atoms with Crippen molar-refractivity contribution in [1.29, 1.82) is 0 Å². The van der Waals surface area contributed by atoms with Gasteiger partial charge in [-0.2, -0.15) is 0 Å². The molecule has 2 aliphatic rings. The van der Waals surface area contributed by atoms with Gasteiger partial charge in [0.05, 0.1) is 5.25 Å². The fraction of sp³-hybridized carbons (Fsp3) is 1.00. The van der Waals surface area contributed by atoms with Gasteiger partial charge >= 0.3 is 0 Å². The summed E-state index contributed by atoms with van der Waals surface area (Å²) in [6.07, 6.45) is 6.20. The van der Waals surface area contributed by atoms with Crippen LogP contribution in [0.5, 0.6) is 0 Å². The lowest BCUT2D eigenvalue weighted by Gasteiger charge is -2.41. The number of fused-ring (bicyclic) bond motifs is 1. The third kappa shape index (κ3) is 3.74. The Hall–Kier alpha value is -0.130. The Morgan fingerprint density at radius 3 is 2.40 bits per heavy atom. The van der Waals surface area contributed by atoms with Crippen molar-refractivity contribution in [2.24, 2.45) is 11.8 Å². The smallest absolute Gasteiger partial charge is 0.217 e. The van der Waals surface area contributed by atoms with Crippen molar-refractivity contribution in [3.63, 3.8) is 0 Å². The van der Waals surface area contributed by atoms with Crippen LogP contribution in [0.4, 0.5) is 0 Å². The molecule has 0 aromatic rings. The highest BCUT2D eigenvalue weighted by molar-refractivity contribution is 7.89. The van der Waals surface area contributed by atoms with Crippen LogP contribution < -0.4 is 5.32 Å². The van der Waals surface area contributed by atoms with Gasteiger partial charge in [0.15, 0.2) is 0 Å². The summed E-state index contributed by atoms with van der Waals surface area (Å²) >= 11 is 0. The van der Waals surface area contributed by atoms with Gasteiger partial charge in [0.2, 0.25) is 10.0 Å². The van der Waals surface area contributed by atoms with E-state index in [-0.39, 0.29) is 5.25 Å². The topological polar surface area (TPSA) is 49.4 Å². The van der Waals surface area contributed by atoms with E-state index in [1.807, 2.05) is 20.8 Å². The lowest BCUT2D eigenvalue weighted by atomic mass is 9.76. The number of piperidine rings is 1. The average molecular weight is 302 g/mol. The van der Waals surface area contributed by atoms with Crippen LogP contribution in [-0.2, 0) is 10.0 Å². The molecule has 0 bridgehead atoms. The molecule has 5 heteroatoms. The van der Waals surface area contributed by atoms with Gasteiger partial charge in [0, 0.05) is 25.7 Å². The SMILES string of the molecule is CC(C)NCC(C)S(=O)(=O)N1CCC2CCCCC2C1. The van der Waals surface area contributed by atoms with E-state index in [1.165, 1.54) is 25.7 Å². The highest BCUT2D eigenvalue weighted by Gasteiger charge is 2.37. The molecule has 1 saturated carbocycles. The number of rotatable bonds is 5. The summed E-state index contributed by atoms with van der Waals surface area (Å²) in [5, 5.41) is 2.91. The highest BCUT2D eigenvalue weighted by Crippen LogP contribution is 2.37. The largest absolute Gasteiger partial charge is 0.313 e. The maximum atomic E-state index is 12.7. The minimum absolute atomic E-state index is 0.329. The Morgan fingerprint density at radius 2 is 1.75 bits per heavy atom. The molecule has 1 aliphatic carbocycles. The second-order valence-electron chi connectivity index (χ2n) is 6.87. The van der Waals surface area contributed by atoms with Crippen LogP contribution in [-0.4, -0.2) is 43.6 Å². The third-order valence-electron chi connectivity index (χ3n) is 4.94. The number of hydrogen-bond donors (Lipinski definition) is 1. The average Bonchev–Trinajstić information content (AvgIpc) is 2.44. The fourth-order valence-corrected chi connectivity index (χ4v) is 5.14. The first-order chi connectivity index (χ1) is 9.41. The summed E-state index contributed by atoms with van der Waals surface area (Å²) in [5.74, 6) is 1.39. The Morgan fingerprint density at radius 1 is 1.10 bits per heavy atom. The van der Waals surface area contributed by atoms with Gasteiger partial charge in [-0.3, -0.25) is 0 Å². The summed E-state index contributed by atoms with van der Waals surface area (Å²) in [5.41, 5.74) is 0. The number of nitrogens with one attached hydrogen (secondary N) is 1. The van der Waals surface area contributed by atoms with Crippen LogP contribution in [0, 0.1) is 11.8 Å². The van der Waals surface area contributed by atoms with Gasteiger partial charge in [0.25, 0.3) is 0 Å². The molecule has 2 rings (SSSR count). The molecule has 1 heterocycles. The van der Waals surface area contributed by atoms with E-state index in [9.17, 15) is 8.42 Å². The summed E-state index contributed by atoms with van der Waals surface area (Å²) in [6, 6.07) is 0.330. The molecule has 0 aromatic carbocycles. The molecule has 0 spiro atoms. The normalized spacial score (nSPS) is 30.2. The standard InChI is InChI=1S/C15H30N2O2S/c1-12(2)16-10-13(3)20(18,19)17-9-8-14-6-4-5-7-15(14)11-17/h12-16H,4-11H2,1-3H3. The van der Waals surface area contributed by atoms with Crippen LogP contribution in [0.3, 0.4) is 0 Å². The van der Waals surface area contributed by atoms with Gasteiger partial charge in [-0.15, -0.1) is 0 Å². The molecule has 0 amide bonds. The molecule has 2 fully saturated rings. The van der Waals surface area contributed by atoms with E-state index < -0.39 is 10.0 Å². The number of nitrogens with zero attached hydrogens (tertiary/aromatic N) is 1. The molecule has 0 aromatic heterocycles. The molecule has 0 radical (unpaired) electrons. The summed E-state index contributed by atoms with van der Waals surface area (Å²) in [7, 11) is -3.14.